The molecular weight excluding hydrogens is 323 g/mol. The molecule has 0 saturated carbocycles. The Kier molecular flexibility index (Phi) is 5.26. The van der Waals surface area contributed by atoms with E-state index in [9.17, 15) is 4.79 Å². The summed E-state index contributed by atoms with van der Waals surface area (Å²) in [5.74, 6) is 0.0366. The summed E-state index contributed by atoms with van der Waals surface area (Å²) in [5, 5.41) is 12.4. The van der Waals surface area contributed by atoms with E-state index in [0.29, 0.717) is 22.0 Å². The second-order valence-corrected chi connectivity index (χ2v) is 5.40. The monoisotopic (exact) mass is 334 g/mol. The minimum absolute atomic E-state index is 0.187. The topological polar surface area (TPSA) is 62.1 Å². The molecule has 0 heterocycles. The van der Waals surface area contributed by atoms with E-state index in [0.717, 1.165) is 5.56 Å². The number of nitrogens with zero attached hydrogens (tertiary/aromatic N) is 1. The first-order valence-electron chi connectivity index (χ1n) is 6.38. The summed E-state index contributed by atoms with van der Waals surface area (Å²) >= 11 is 11.8. The van der Waals surface area contributed by atoms with E-state index in [4.69, 9.17) is 33.2 Å². The van der Waals surface area contributed by atoms with Crippen LogP contribution in [0.1, 0.15) is 11.1 Å². The van der Waals surface area contributed by atoms with Crippen molar-refractivity contribution in [1.82, 2.24) is 0 Å². The Hall–Kier alpha value is -2.22. The predicted molar refractivity (Wildman–Crippen MR) is 86.5 cm³/mol. The van der Waals surface area contributed by atoms with Crippen molar-refractivity contribution >= 4 is 34.8 Å². The zero-order valence-corrected chi connectivity index (χ0v) is 13.2. The molecule has 0 aliphatic rings. The molecule has 2 aromatic carbocycles. The van der Waals surface area contributed by atoms with Gasteiger partial charge in [-0.3, -0.25) is 4.79 Å². The lowest BCUT2D eigenvalue weighted by molar-refractivity contribution is -0.118. The maximum atomic E-state index is 11.9. The van der Waals surface area contributed by atoms with Gasteiger partial charge in [0.2, 0.25) is 0 Å². The van der Waals surface area contributed by atoms with Crippen molar-refractivity contribution in [2.75, 3.05) is 11.9 Å². The van der Waals surface area contributed by atoms with Crippen molar-refractivity contribution in [1.29, 1.82) is 5.26 Å². The van der Waals surface area contributed by atoms with Gasteiger partial charge in [0.1, 0.15) is 5.75 Å². The van der Waals surface area contributed by atoms with Crippen molar-refractivity contribution in [2.24, 2.45) is 0 Å². The molecule has 1 amide bonds. The van der Waals surface area contributed by atoms with Crippen LogP contribution >= 0.6 is 23.2 Å². The summed E-state index contributed by atoms with van der Waals surface area (Å²) in [6.45, 7) is 1.66. The molecule has 0 aliphatic carbocycles. The van der Waals surface area contributed by atoms with Crippen molar-refractivity contribution in [3.05, 3.63) is 57.6 Å². The normalized spacial score (nSPS) is 9.91. The number of nitrogens with one attached hydrogen (secondary N) is 1. The first-order valence-corrected chi connectivity index (χ1v) is 7.13. The van der Waals surface area contributed by atoms with Gasteiger partial charge >= 0.3 is 0 Å². The fourth-order valence-corrected chi connectivity index (χ4v) is 2.25. The second kappa shape index (κ2) is 7.17. The van der Waals surface area contributed by atoms with Crippen LogP contribution in [0.4, 0.5) is 5.69 Å². The minimum Gasteiger partial charge on any atom is -0.482 e. The zero-order valence-electron chi connectivity index (χ0n) is 11.7. The average molecular weight is 335 g/mol. The Labute approximate surface area is 138 Å². The molecule has 0 spiro atoms. The lowest BCUT2D eigenvalue weighted by Crippen LogP contribution is -2.20. The van der Waals surface area contributed by atoms with Crippen LogP contribution in [0.25, 0.3) is 0 Å². The van der Waals surface area contributed by atoms with Crippen LogP contribution in [0, 0.1) is 18.3 Å². The van der Waals surface area contributed by atoms with Crippen LogP contribution in [0.3, 0.4) is 0 Å². The van der Waals surface area contributed by atoms with Crippen LogP contribution in [-0.4, -0.2) is 12.5 Å². The van der Waals surface area contributed by atoms with Gasteiger partial charge in [0.15, 0.2) is 6.61 Å². The lowest BCUT2D eigenvalue weighted by Gasteiger charge is -2.10. The molecule has 0 saturated heterocycles. The quantitative estimate of drug-likeness (QED) is 0.911. The van der Waals surface area contributed by atoms with E-state index in [2.05, 4.69) is 5.32 Å². The van der Waals surface area contributed by atoms with Gasteiger partial charge < -0.3 is 10.1 Å². The number of anilines is 1. The summed E-state index contributed by atoms with van der Waals surface area (Å²) in [7, 11) is 0. The SMILES string of the molecule is Cc1cc(Cl)ccc1NC(=O)COc1ccc(C#N)cc1Cl. The standard InChI is InChI=1S/C16H12Cl2N2O2/c1-10-6-12(17)3-4-14(10)20-16(21)9-22-15-5-2-11(8-19)7-13(15)18/h2-7H,9H2,1H3,(H,20,21). The number of carbonyl (C=O) groups excluding carboxylic acids is 1. The molecule has 0 bridgehead atoms. The Morgan fingerprint density at radius 2 is 2.05 bits per heavy atom. The van der Waals surface area contributed by atoms with Gasteiger partial charge in [-0.15, -0.1) is 0 Å². The number of carbonyl (C=O) groups is 1. The van der Waals surface area contributed by atoms with Gasteiger partial charge in [0.05, 0.1) is 16.7 Å². The highest BCUT2D eigenvalue weighted by atomic mass is 35.5. The molecule has 4 nitrogen and oxygen atoms in total. The van der Waals surface area contributed by atoms with Gasteiger partial charge in [0.25, 0.3) is 5.91 Å². The molecule has 2 rings (SSSR count). The molecule has 112 valence electrons. The van der Waals surface area contributed by atoms with Crippen molar-refractivity contribution < 1.29 is 9.53 Å². The number of benzene rings is 2. The summed E-state index contributed by atoms with van der Waals surface area (Å²) in [4.78, 5) is 11.9. The highest BCUT2D eigenvalue weighted by Gasteiger charge is 2.08. The molecular formula is C16H12Cl2N2O2. The van der Waals surface area contributed by atoms with Crippen LogP contribution < -0.4 is 10.1 Å². The largest absolute Gasteiger partial charge is 0.482 e. The maximum Gasteiger partial charge on any atom is 0.262 e. The number of nitriles is 1. The van der Waals surface area contributed by atoms with Crippen molar-refractivity contribution in [3.63, 3.8) is 0 Å². The van der Waals surface area contributed by atoms with Gasteiger partial charge in [-0.1, -0.05) is 23.2 Å². The van der Waals surface area contributed by atoms with Gasteiger partial charge in [-0.25, -0.2) is 0 Å². The molecule has 6 heteroatoms. The fourth-order valence-electron chi connectivity index (χ4n) is 1.78. The Balaban J connectivity index is 1.97. The van der Waals surface area contributed by atoms with Crippen LogP contribution in [0.5, 0.6) is 5.75 Å². The molecule has 0 aromatic heterocycles. The molecule has 0 aliphatic heterocycles. The van der Waals surface area contributed by atoms with Crippen LogP contribution in [0.15, 0.2) is 36.4 Å². The summed E-state index contributed by atoms with van der Waals surface area (Å²) in [6, 6.07) is 11.8. The first-order chi connectivity index (χ1) is 10.5. The molecule has 2 aromatic rings. The van der Waals surface area contributed by atoms with E-state index in [1.165, 1.54) is 6.07 Å². The summed E-state index contributed by atoms with van der Waals surface area (Å²) in [6.07, 6.45) is 0. The molecule has 0 fully saturated rings. The fraction of sp³-hybridized carbons (Fsp3) is 0.125. The number of aryl methyl sites for hydroxylation is 1. The summed E-state index contributed by atoms with van der Waals surface area (Å²) < 4.78 is 5.35. The van der Waals surface area contributed by atoms with Crippen molar-refractivity contribution in [2.45, 2.75) is 6.92 Å². The zero-order chi connectivity index (χ0) is 16.1. The summed E-state index contributed by atoms with van der Waals surface area (Å²) in [5.41, 5.74) is 1.96. The molecule has 0 unspecified atom stereocenters. The number of ether oxygens (including phenoxy) is 1. The highest BCUT2D eigenvalue weighted by molar-refractivity contribution is 6.32. The third-order valence-corrected chi connectivity index (χ3v) is 3.41. The molecule has 0 radical (unpaired) electrons. The Bertz CT molecular complexity index is 754. The van der Waals surface area contributed by atoms with E-state index in [1.54, 1.807) is 30.3 Å². The van der Waals surface area contributed by atoms with Gasteiger partial charge in [-0.2, -0.15) is 5.26 Å². The highest BCUT2D eigenvalue weighted by Crippen LogP contribution is 2.25. The number of hydrogen-bond donors (Lipinski definition) is 1. The minimum atomic E-state index is -0.314. The maximum absolute atomic E-state index is 11.9. The Morgan fingerprint density at radius 3 is 2.68 bits per heavy atom. The predicted octanol–water partition coefficient (Wildman–Crippen LogP) is 4.19. The first kappa shape index (κ1) is 16.2. The third-order valence-electron chi connectivity index (χ3n) is 2.88. The number of halogens is 2. The number of amides is 1. The Morgan fingerprint density at radius 1 is 1.27 bits per heavy atom. The second-order valence-electron chi connectivity index (χ2n) is 4.55. The van der Waals surface area contributed by atoms with E-state index in [-0.39, 0.29) is 17.5 Å². The number of hydrogen-bond acceptors (Lipinski definition) is 3. The van der Waals surface area contributed by atoms with E-state index < -0.39 is 0 Å². The van der Waals surface area contributed by atoms with Crippen LogP contribution in [0.2, 0.25) is 10.0 Å². The van der Waals surface area contributed by atoms with Gasteiger partial charge in [0, 0.05) is 10.7 Å². The van der Waals surface area contributed by atoms with E-state index in [1.807, 2.05) is 13.0 Å². The smallest absolute Gasteiger partial charge is 0.262 e. The van der Waals surface area contributed by atoms with Gasteiger partial charge in [-0.05, 0) is 48.9 Å². The molecule has 1 N–H and O–H groups in total. The third kappa shape index (κ3) is 4.14. The average Bonchev–Trinajstić information content (AvgIpc) is 2.48. The lowest BCUT2D eigenvalue weighted by atomic mass is 10.2. The molecule has 22 heavy (non-hydrogen) atoms. The number of rotatable bonds is 4. The van der Waals surface area contributed by atoms with Crippen LogP contribution in [-0.2, 0) is 4.79 Å². The molecule has 0 atom stereocenters. The van der Waals surface area contributed by atoms with Crippen molar-refractivity contribution in [3.8, 4) is 11.8 Å². The van der Waals surface area contributed by atoms with E-state index >= 15 is 0 Å².